The van der Waals surface area contributed by atoms with Crippen molar-refractivity contribution in [1.82, 2.24) is 0 Å². The molecule has 0 amide bonds. The minimum Gasteiger partial charge on any atom is -0.255 e. The summed E-state index contributed by atoms with van der Waals surface area (Å²) in [6.45, 7) is 2.00. The average Bonchev–Trinajstić information content (AvgIpc) is 2.17. The summed E-state index contributed by atoms with van der Waals surface area (Å²) < 4.78 is 11.6. The second kappa shape index (κ2) is 3.54. The van der Waals surface area contributed by atoms with Crippen LogP contribution >= 0.6 is 0 Å². The van der Waals surface area contributed by atoms with Gasteiger partial charge in [-0.1, -0.05) is 36.4 Å². The Labute approximate surface area is 86.2 Å². The van der Waals surface area contributed by atoms with Crippen LogP contribution in [0.5, 0.6) is 0 Å². The summed E-state index contributed by atoms with van der Waals surface area (Å²) in [6, 6.07) is 12.2. The van der Waals surface area contributed by atoms with Gasteiger partial charge in [0.2, 0.25) is 0 Å². The molecular formula is C12H12OS. The van der Waals surface area contributed by atoms with Crippen molar-refractivity contribution in [2.45, 2.75) is 11.8 Å². The second-order valence-corrected chi connectivity index (χ2v) is 4.70. The standard InChI is InChI=1S/C12H12OS/c1-9-7-8-10-5-3-4-6-11(10)12(9)14(2)13/h3-8H,1-2H3/t14-/m0/s1. The molecule has 0 fully saturated rings. The molecule has 0 aliphatic carbocycles. The fraction of sp³-hybridized carbons (Fsp3) is 0.167. The van der Waals surface area contributed by atoms with Gasteiger partial charge in [0.15, 0.2) is 0 Å². The SMILES string of the molecule is Cc1ccc2ccccc2c1[S@](C)=O. The summed E-state index contributed by atoms with van der Waals surface area (Å²) in [7, 11) is -0.915. The molecule has 2 aromatic rings. The van der Waals surface area contributed by atoms with E-state index in [1.165, 1.54) is 0 Å². The molecule has 0 radical (unpaired) electrons. The minimum absolute atomic E-state index is 0.915. The van der Waals surface area contributed by atoms with Crippen LogP contribution in [0.3, 0.4) is 0 Å². The summed E-state index contributed by atoms with van der Waals surface area (Å²) in [5.74, 6) is 0. The van der Waals surface area contributed by atoms with Crippen LogP contribution in [0.4, 0.5) is 0 Å². The quantitative estimate of drug-likeness (QED) is 0.698. The summed E-state index contributed by atoms with van der Waals surface area (Å²) in [6.07, 6.45) is 1.73. The Morgan fingerprint density at radius 3 is 2.50 bits per heavy atom. The highest BCUT2D eigenvalue weighted by Crippen LogP contribution is 2.24. The van der Waals surface area contributed by atoms with E-state index in [0.29, 0.717) is 0 Å². The van der Waals surface area contributed by atoms with Crippen LogP contribution in [-0.4, -0.2) is 10.5 Å². The lowest BCUT2D eigenvalue weighted by Gasteiger charge is -2.06. The van der Waals surface area contributed by atoms with Gasteiger partial charge in [-0.05, 0) is 23.3 Å². The van der Waals surface area contributed by atoms with Gasteiger partial charge in [-0.3, -0.25) is 4.21 Å². The maximum Gasteiger partial charge on any atom is 0.0507 e. The van der Waals surface area contributed by atoms with Crippen molar-refractivity contribution in [3.05, 3.63) is 42.0 Å². The number of rotatable bonds is 1. The normalized spacial score (nSPS) is 13.0. The molecule has 2 aromatic carbocycles. The Hall–Kier alpha value is -1.15. The minimum atomic E-state index is -0.915. The first-order valence-electron chi connectivity index (χ1n) is 4.52. The van der Waals surface area contributed by atoms with Crippen molar-refractivity contribution < 1.29 is 4.21 Å². The molecule has 2 heteroatoms. The summed E-state index contributed by atoms with van der Waals surface area (Å²) in [4.78, 5) is 0.961. The van der Waals surface area contributed by atoms with E-state index >= 15 is 0 Å². The van der Waals surface area contributed by atoms with Gasteiger partial charge in [-0.25, -0.2) is 0 Å². The van der Waals surface area contributed by atoms with Crippen LogP contribution in [0, 0.1) is 6.92 Å². The van der Waals surface area contributed by atoms with Crippen LogP contribution < -0.4 is 0 Å². The predicted molar refractivity (Wildman–Crippen MR) is 61.0 cm³/mol. The lowest BCUT2D eigenvalue weighted by atomic mass is 10.1. The first-order chi connectivity index (χ1) is 6.70. The zero-order valence-electron chi connectivity index (χ0n) is 8.28. The molecule has 1 nitrogen and oxygen atoms in total. The van der Waals surface area contributed by atoms with Gasteiger partial charge >= 0.3 is 0 Å². The smallest absolute Gasteiger partial charge is 0.0507 e. The molecule has 0 N–H and O–H groups in total. The van der Waals surface area contributed by atoms with Crippen molar-refractivity contribution in [2.75, 3.05) is 6.26 Å². The number of benzene rings is 2. The predicted octanol–water partition coefficient (Wildman–Crippen LogP) is 2.89. The first kappa shape index (κ1) is 9.41. The van der Waals surface area contributed by atoms with Crippen molar-refractivity contribution in [1.29, 1.82) is 0 Å². The molecule has 0 saturated carbocycles. The third-order valence-corrected chi connectivity index (χ3v) is 3.48. The van der Waals surface area contributed by atoms with Gasteiger partial charge < -0.3 is 0 Å². The Kier molecular flexibility index (Phi) is 2.38. The fourth-order valence-electron chi connectivity index (χ4n) is 1.73. The number of aryl methyl sites for hydroxylation is 1. The Morgan fingerprint density at radius 2 is 1.79 bits per heavy atom. The average molecular weight is 204 g/mol. The van der Waals surface area contributed by atoms with E-state index in [1.54, 1.807) is 6.26 Å². The molecule has 0 saturated heterocycles. The topological polar surface area (TPSA) is 17.1 Å². The fourth-order valence-corrected chi connectivity index (χ4v) is 2.75. The van der Waals surface area contributed by atoms with Crippen LogP contribution in [-0.2, 0) is 10.8 Å². The molecule has 14 heavy (non-hydrogen) atoms. The molecule has 0 aliphatic heterocycles. The van der Waals surface area contributed by atoms with Gasteiger partial charge in [-0.15, -0.1) is 0 Å². The number of fused-ring (bicyclic) bond motifs is 1. The summed E-state index contributed by atoms with van der Waals surface area (Å²) >= 11 is 0. The van der Waals surface area contributed by atoms with Gasteiger partial charge in [0.05, 0.1) is 10.8 Å². The van der Waals surface area contributed by atoms with Gasteiger partial charge in [-0.2, -0.15) is 0 Å². The van der Waals surface area contributed by atoms with Crippen molar-refractivity contribution in [2.24, 2.45) is 0 Å². The first-order valence-corrected chi connectivity index (χ1v) is 6.08. The third kappa shape index (κ3) is 1.46. The Bertz CT molecular complexity index is 503. The molecule has 2 rings (SSSR count). The summed E-state index contributed by atoms with van der Waals surface area (Å²) in [5.41, 5.74) is 1.10. The van der Waals surface area contributed by atoms with Crippen molar-refractivity contribution >= 4 is 21.6 Å². The lowest BCUT2D eigenvalue weighted by Crippen LogP contribution is -1.93. The van der Waals surface area contributed by atoms with Crippen LogP contribution in [0.2, 0.25) is 0 Å². The molecule has 0 aromatic heterocycles. The van der Waals surface area contributed by atoms with E-state index in [4.69, 9.17) is 0 Å². The van der Waals surface area contributed by atoms with Crippen molar-refractivity contribution in [3.63, 3.8) is 0 Å². The zero-order valence-corrected chi connectivity index (χ0v) is 9.10. The molecule has 0 heterocycles. The molecule has 0 aliphatic rings. The molecule has 1 atom stereocenters. The van der Waals surface area contributed by atoms with Gasteiger partial charge in [0, 0.05) is 11.2 Å². The van der Waals surface area contributed by atoms with E-state index < -0.39 is 10.8 Å². The van der Waals surface area contributed by atoms with Gasteiger partial charge in [0.1, 0.15) is 0 Å². The molecule has 0 unspecified atom stereocenters. The largest absolute Gasteiger partial charge is 0.255 e. The maximum atomic E-state index is 11.6. The van der Waals surface area contributed by atoms with E-state index in [1.807, 2.05) is 37.3 Å². The van der Waals surface area contributed by atoms with Gasteiger partial charge in [0.25, 0.3) is 0 Å². The molecule has 72 valence electrons. The number of hydrogen-bond donors (Lipinski definition) is 0. The van der Waals surface area contributed by atoms with Crippen molar-refractivity contribution in [3.8, 4) is 0 Å². The Morgan fingerprint density at radius 1 is 1.07 bits per heavy atom. The molecule has 0 bridgehead atoms. The highest BCUT2D eigenvalue weighted by Gasteiger charge is 2.06. The lowest BCUT2D eigenvalue weighted by molar-refractivity contribution is 0.687. The highest BCUT2D eigenvalue weighted by atomic mass is 32.2. The Balaban J connectivity index is 2.90. The second-order valence-electron chi connectivity index (χ2n) is 3.39. The highest BCUT2D eigenvalue weighted by molar-refractivity contribution is 7.84. The maximum absolute atomic E-state index is 11.6. The monoisotopic (exact) mass is 204 g/mol. The van der Waals surface area contributed by atoms with E-state index in [2.05, 4.69) is 6.07 Å². The van der Waals surface area contributed by atoms with E-state index in [9.17, 15) is 4.21 Å². The summed E-state index contributed by atoms with van der Waals surface area (Å²) in [5, 5.41) is 2.26. The third-order valence-electron chi connectivity index (χ3n) is 2.36. The van der Waals surface area contributed by atoms with Crippen LogP contribution in [0.25, 0.3) is 10.8 Å². The van der Waals surface area contributed by atoms with Crippen LogP contribution in [0.1, 0.15) is 5.56 Å². The number of hydrogen-bond acceptors (Lipinski definition) is 1. The zero-order chi connectivity index (χ0) is 10.1. The molecular weight excluding hydrogens is 192 g/mol. The van der Waals surface area contributed by atoms with E-state index in [0.717, 1.165) is 21.2 Å². The van der Waals surface area contributed by atoms with Crippen LogP contribution in [0.15, 0.2) is 41.3 Å². The van der Waals surface area contributed by atoms with E-state index in [-0.39, 0.29) is 0 Å². The molecule has 0 spiro atoms.